The van der Waals surface area contributed by atoms with E-state index >= 15 is 0 Å². The zero-order valence-corrected chi connectivity index (χ0v) is 15.7. The predicted octanol–water partition coefficient (Wildman–Crippen LogP) is 2.26. The van der Waals surface area contributed by atoms with Crippen LogP contribution in [0.1, 0.15) is 24.8 Å². The molecule has 1 N–H and O–H groups in total. The molecule has 0 aromatic heterocycles. The highest BCUT2D eigenvalue weighted by Crippen LogP contribution is 2.42. The van der Waals surface area contributed by atoms with Gasteiger partial charge in [0.25, 0.3) is 5.69 Å². The second-order valence-electron chi connectivity index (χ2n) is 6.81. The number of hydrogen-bond donors (Lipinski definition) is 1. The minimum atomic E-state index is -0.542. The molecule has 28 heavy (non-hydrogen) atoms. The van der Waals surface area contributed by atoms with Crippen molar-refractivity contribution in [2.75, 3.05) is 20.3 Å². The van der Waals surface area contributed by atoms with Crippen molar-refractivity contribution >= 4 is 17.4 Å². The number of non-ortho nitro benzene ring substituents is 1. The number of allylic oxidation sites excluding steroid dienone is 2. The topological polar surface area (TPSA) is 108 Å². The maximum atomic E-state index is 12.8. The summed E-state index contributed by atoms with van der Waals surface area (Å²) in [4.78, 5) is 36.0. The van der Waals surface area contributed by atoms with Gasteiger partial charge in [0.15, 0.2) is 5.78 Å². The molecule has 3 atom stereocenters. The molecule has 0 spiro atoms. The average molecular weight is 386 g/mol. The highest BCUT2D eigenvalue weighted by molar-refractivity contribution is 5.98. The lowest BCUT2D eigenvalue weighted by Crippen LogP contribution is -2.49. The summed E-state index contributed by atoms with van der Waals surface area (Å²) in [6.45, 7) is 2.15. The van der Waals surface area contributed by atoms with Crippen LogP contribution in [0, 0.1) is 16.0 Å². The number of hydrogen-bond acceptors (Lipinski definition) is 7. The first-order chi connectivity index (χ1) is 13.4. The van der Waals surface area contributed by atoms with Crippen molar-refractivity contribution in [3.8, 4) is 0 Å². The SMILES string of the molecule is COCCOC(=O)C1=C(C)NC2CC=CC(=O)C2C1c1ccc([N+](=O)[O-])cc1. The number of esters is 1. The predicted molar refractivity (Wildman–Crippen MR) is 101 cm³/mol. The highest BCUT2D eigenvalue weighted by atomic mass is 16.6. The van der Waals surface area contributed by atoms with Crippen LogP contribution in [0.15, 0.2) is 47.7 Å². The molecule has 1 heterocycles. The summed E-state index contributed by atoms with van der Waals surface area (Å²) in [5, 5.41) is 14.2. The van der Waals surface area contributed by atoms with E-state index in [1.54, 1.807) is 19.1 Å². The first-order valence-corrected chi connectivity index (χ1v) is 9.02. The Hall–Kier alpha value is -3.00. The molecule has 0 bridgehead atoms. The van der Waals surface area contributed by atoms with Crippen LogP contribution in [-0.2, 0) is 19.1 Å². The molecule has 0 saturated heterocycles. The van der Waals surface area contributed by atoms with E-state index < -0.39 is 22.7 Å². The van der Waals surface area contributed by atoms with Gasteiger partial charge in [-0.15, -0.1) is 0 Å². The van der Waals surface area contributed by atoms with Crippen molar-refractivity contribution in [3.63, 3.8) is 0 Å². The molecular weight excluding hydrogens is 364 g/mol. The smallest absolute Gasteiger partial charge is 0.336 e. The molecule has 0 radical (unpaired) electrons. The van der Waals surface area contributed by atoms with Crippen molar-refractivity contribution in [3.05, 3.63) is 63.4 Å². The van der Waals surface area contributed by atoms with Crippen LogP contribution >= 0.6 is 0 Å². The Morgan fingerprint density at radius 2 is 2.00 bits per heavy atom. The van der Waals surface area contributed by atoms with E-state index in [0.29, 0.717) is 23.3 Å². The first-order valence-electron chi connectivity index (χ1n) is 9.02. The van der Waals surface area contributed by atoms with Gasteiger partial charge in [-0.05, 0) is 25.0 Å². The normalized spacial score (nSPS) is 23.8. The van der Waals surface area contributed by atoms with E-state index in [1.807, 2.05) is 6.08 Å². The molecular formula is C20H22N2O6. The van der Waals surface area contributed by atoms with Crippen molar-refractivity contribution in [2.45, 2.75) is 25.3 Å². The van der Waals surface area contributed by atoms with Gasteiger partial charge in [0.1, 0.15) is 6.61 Å². The van der Waals surface area contributed by atoms with Gasteiger partial charge in [-0.25, -0.2) is 4.79 Å². The fourth-order valence-electron chi connectivity index (χ4n) is 3.85. The van der Waals surface area contributed by atoms with Gasteiger partial charge in [0.2, 0.25) is 0 Å². The van der Waals surface area contributed by atoms with Gasteiger partial charge >= 0.3 is 5.97 Å². The molecule has 8 heteroatoms. The van der Waals surface area contributed by atoms with E-state index in [4.69, 9.17) is 9.47 Å². The minimum absolute atomic E-state index is 0.0472. The average Bonchev–Trinajstić information content (AvgIpc) is 2.67. The number of nitrogens with zero attached hydrogens (tertiary/aromatic N) is 1. The standard InChI is InChI=1S/C20H22N2O6/c1-12-17(20(24)28-11-10-27-2)18(13-6-8-14(9-7-13)22(25)26)19-15(21-12)4-3-5-16(19)23/h3,5-9,15,18-19,21H,4,10-11H2,1-2H3. The van der Waals surface area contributed by atoms with Gasteiger partial charge in [0, 0.05) is 36.9 Å². The van der Waals surface area contributed by atoms with Gasteiger partial charge in [-0.2, -0.15) is 0 Å². The number of carbonyl (C=O) groups excluding carboxylic acids is 2. The lowest BCUT2D eigenvalue weighted by Gasteiger charge is -2.41. The molecule has 0 fully saturated rings. The third kappa shape index (κ3) is 3.82. The number of nitrogens with one attached hydrogen (secondary N) is 1. The van der Waals surface area contributed by atoms with E-state index in [2.05, 4.69) is 5.32 Å². The molecule has 1 aliphatic heterocycles. The minimum Gasteiger partial charge on any atom is -0.460 e. The van der Waals surface area contributed by atoms with Crippen LogP contribution in [0.25, 0.3) is 0 Å². The van der Waals surface area contributed by atoms with Crippen LogP contribution in [0.4, 0.5) is 5.69 Å². The molecule has 3 rings (SSSR count). The second-order valence-corrected chi connectivity index (χ2v) is 6.81. The Balaban J connectivity index is 2.03. The summed E-state index contributed by atoms with van der Waals surface area (Å²) in [5.41, 5.74) is 1.64. The summed E-state index contributed by atoms with van der Waals surface area (Å²) in [5.74, 6) is -1.63. The quantitative estimate of drug-likeness (QED) is 0.346. The monoisotopic (exact) mass is 386 g/mol. The molecule has 148 valence electrons. The van der Waals surface area contributed by atoms with Gasteiger partial charge in [-0.1, -0.05) is 18.2 Å². The lowest BCUT2D eigenvalue weighted by atomic mass is 9.69. The second kappa shape index (κ2) is 8.35. The van der Waals surface area contributed by atoms with Gasteiger partial charge in [-0.3, -0.25) is 14.9 Å². The molecule has 2 aliphatic rings. The number of ether oxygens (including phenoxy) is 2. The number of fused-ring (bicyclic) bond motifs is 1. The Morgan fingerprint density at radius 3 is 2.64 bits per heavy atom. The maximum Gasteiger partial charge on any atom is 0.336 e. The fourth-order valence-corrected chi connectivity index (χ4v) is 3.85. The van der Waals surface area contributed by atoms with Crippen molar-refractivity contribution in [1.82, 2.24) is 5.32 Å². The van der Waals surface area contributed by atoms with Crippen LogP contribution in [-0.4, -0.2) is 43.0 Å². The molecule has 8 nitrogen and oxygen atoms in total. The maximum absolute atomic E-state index is 12.8. The first kappa shape index (κ1) is 19.8. The fraction of sp³-hybridized carbons (Fsp3) is 0.400. The zero-order valence-electron chi connectivity index (χ0n) is 15.7. The van der Waals surface area contributed by atoms with Gasteiger partial charge < -0.3 is 14.8 Å². The number of rotatable bonds is 6. The number of methoxy groups -OCH3 is 1. The number of ketones is 1. The van der Waals surface area contributed by atoms with Crippen LogP contribution in [0.5, 0.6) is 0 Å². The molecule has 0 saturated carbocycles. The summed E-state index contributed by atoms with van der Waals surface area (Å²) in [7, 11) is 1.51. The number of benzene rings is 1. The van der Waals surface area contributed by atoms with Crippen molar-refractivity contribution < 1.29 is 24.0 Å². The summed E-state index contributed by atoms with van der Waals surface area (Å²) in [6.07, 6.45) is 4.01. The molecule has 1 aromatic carbocycles. The summed E-state index contributed by atoms with van der Waals surface area (Å²) >= 11 is 0. The number of nitro benzene ring substituents is 1. The zero-order chi connectivity index (χ0) is 20.3. The van der Waals surface area contributed by atoms with Crippen LogP contribution < -0.4 is 5.32 Å². The third-order valence-electron chi connectivity index (χ3n) is 5.11. The molecule has 0 amide bonds. The molecule has 3 unspecified atom stereocenters. The van der Waals surface area contributed by atoms with E-state index in [1.165, 1.54) is 25.3 Å². The van der Waals surface area contributed by atoms with E-state index in [9.17, 15) is 19.7 Å². The molecule has 1 aromatic rings. The summed E-state index contributed by atoms with van der Waals surface area (Å²) < 4.78 is 10.2. The Kier molecular flexibility index (Phi) is 5.89. The van der Waals surface area contributed by atoms with Crippen molar-refractivity contribution in [1.29, 1.82) is 0 Å². The molecule has 1 aliphatic carbocycles. The lowest BCUT2D eigenvalue weighted by molar-refractivity contribution is -0.384. The van der Waals surface area contributed by atoms with E-state index in [0.717, 1.165) is 0 Å². The summed E-state index contributed by atoms with van der Waals surface area (Å²) in [6, 6.07) is 5.84. The Morgan fingerprint density at radius 1 is 1.29 bits per heavy atom. The Labute approximate surface area is 162 Å². The Bertz CT molecular complexity index is 843. The van der Waals surface area contributed by atoms with Gasteiger partial charge in [0.05, 0.1) is 23.0 Å². The van der Waals surface area contributed by atoms with Crippen LogP contribution in [0.2, 0.25) is 0 Å². The highest BCUT2D eigenvalue weighted by Gasteiger charge is 2.45. The van der Waals surface area contributed by atoms with Crippen LogP contribution in [0.3, 0.4) is 0 Å². The third-order valence-corrected chi connectivity index (χ3v) is 5.11. The van der Waals surface area contributed by atoms with Crippen molar-refractivity contribution in [2.24, 2.45) is 5.92 Å². The number of carbonyl (C=O) groups is 2. The number of nitro groups is 1. The largest absolute Gasteiger partial charge is 0.460 e. The van der Waals surface area contributed by atoms with E-state index in [-0.39, 0.29) is 30.7 Å².